The van der Waals surface area contributed by atoms with Gasteiger partial charge in [-0.2, -0.15) is 0 Å². The van der Waals surface area contributed by atoms with Crippen LogP contribution in [0.5, 0.6) is 0 Å². The number of anilines is 1. The Morgan fingerprint density at radius 1 is 1.21 bits per heavy atom. The highest BCUT2D eigenvalue weighted by atomic mass is 19.1. The van der Waals surface area contributed by atoms with Gasteiger partial charge in [0.25, 0.3) is 0 Å². The summed E-state index contributed by atoms with van der Waals surface area (Å²) in [5.74, 6) is -1.31. The van der Waals surface area contributed by atoms with Gasteiger partial charge in [-0.15, -0.1) is 0 Å². The molecule has 0 saturated carbocycles. The van der Waals surface area contributed by atoms with Crippen LogP contribution in [0, 0.1) is 12.7 Å². The summed E-state index contributed by atoms with van der Waals surface area (Å²) >= 11 is 0. The van der Waals surface area contributed by atoms with Crippen molar-refractivity contribution in [2.24, 2.45) is 0 Å². The predicted molar refractivity (Wildman–Crippen MR) is 89.8 cm³/mol. The molecule has 0 amide bonds. The summed E-state index contributed by atoms with van der Waals surface area (Å²) in [5.41, 5.74) is 0.495. The Balaban J connectivity index is 1.55. The number of piperidine rings is 2. The third-order valence-electron chi connectivity index (χ3n) is 5.50. The second-order valence-electron chi connectivity index (χ2n) is 7.02. The maximum atomic E-state index is 13.3. The third kappa shape index (κ3) is 3.39. The van der Waals surface area contributed by atoms with Crippen molar-refractivity contribution in [2.75, 3.05) is 31.1 Å². The summed E-state index contributed by atoms with van der Waals surface area (Å²) in [6, 6.07) is 5.35. The molecule has 2 fully saturated rings. The highest BCUT2D eigenvalue weighted by Gasteiger charge is 2.41. The molecule has 0 atom stereocenters. The smallest absolute Gasteiger partial charge is 0.335 e. The normalized spacial score (nSPS) is 22.5. The second-order valence-corrected chi connectivity index (χ2v) is 7.02. The lowest BCUT2D eigenvalue weighted by Gasteiger charge is -2.43. The van der Waals surface area contributed by atoms with E-state index < -0.39 is 11.6 Å². The Hall–Kier alpha value is -1.66. The molecule has 0 radical (unpaired) electrons. The van der Waals surface area contributed by atoms with E-state index in [0.29, 0.717) is 32.0 Å². The van der Waals surface area contributed by atoms with Gasteiger partial charge < -0.3 is 20.0 Å². The first-order valence-electron chi connectivity index (χ1n) is 8.60. The van der Waals surface area contributed by atoms with Crippen LogP contribution in [-0.2, 0) is 4.79 Å². The Bertz CT molecular complexity index is 606. The number of nitrogens with zero attached hydrogens (tertiary/aromatic N) is 2. The predicted octanol–water partition coefficient (Wildman–Crippen LogP) is 2.01. The van der Waals surface area contributed by atoms with Crippen molar-refractivity contribution in [1.29, 1.82) is 0 Å². The molecule has 2 aliphatic heterocycles. The maximum Gasteiger partial charge on any atom is 0.335 e. The van der Waals surface area contributed by atoms with Crippen LogP contribution in [0.15, 0.2) is 18.2 Å². The summed E-state index contributed by atoms with van der Waals surface area (Å²) in [6.07, 6.45) is 2.59. The van der Waals surface area contributed by atoms with E-state index in [1.807, 2.05) is 13.0 Å². The lowest BCUT2D eigenvalue weighted by molar-refractivity contribution is -0.164. The molecule has 1 aromatic rings. The lowest BCUT2D eigenvalue weighted by atomic mass is 9.89. The van der Waals surface area contributed by atoms with Gasteiger partial charge in [0, 0.05) is 37.9 Å². The van der Waals surface area contributed by atoms with Crippen LogP contribution in [-0.4, -0.2) is 58.9 Å². The second kappa shape index (κ2) is 6.69. The average molecular weight is 336 g/mol. The topological polar surface area (TPSA) is 64.0 Å². The average Bonchev–Trinajstić information content (AvgIpc) is 2.56. The summed E-state index contributed by atoms with van der Waals surface area (Å²) in [4.78, 5) is 15.7. The highest BCUT2D eigenvalue weighted by Crippen LogP contribution is 2.29. The van der Waals surface area contributed by atoms with Crippen LogP contribution in [0.1, 0.15) is 31.2 Å². The van der Waals surface area contributed by atoms with E-state index in [-0.39, 0.29) is 5.82 Å². The Morgan fingerprint density at radius 3 is 2.38 bits per heavy atom. The first-order valence-corrected chi connectivity index (χ1v) is 8.60. The van der Waals surface area contributed by atoms with Crippen LogP contribution in [0.3, 0.4) is 0 Å². The van der Waals surface area contributed by atoms with E-state index in [9.17, 15) is 14.3 Å². The number of carboxylic acid groups (broad SMARTS) is 1. The molecule has 0 aliphatic carbocycles. The molecule has 0 aromatic heterocycles. The van der Waals surface area contributed by atoms with E-state index in [2.05, 4.69) is 9.80 Å². The number of hydrogen-bond donors (Lipinski definition) is 2. The van der Waals surface area contributed by atoms with Gasteiger partial charge in [-0.1, -0.05) is 0 Å². The van der Waals surface area contributed by atoms with Crippen molar-refractivity contribution in [3.05, 3.63) is 29.6 Å². The number of aryl methyl sites for hydroxylation is 1. The molecule has 24 heavy (non-hydrogen) atoms. The van der Waals surface area contributed by atoms with Gasteiger partial charge in [-0.05, 0) is 56.4 Å². The third-order valence-corrected chi connectivity index (χ3v) is 5.50. The molecule has 2 N–H and O–H groups in total. The Kier molecular flexibility index (Phi) is 4.78. The lowest BCUT2D eigenvalue weighted by Crippen LogP contribution is -2.54. The molecule has 2 heterocycles. The van der Waals surface area contributed by atoms with Crippen LogP contribution in [0.2, 0.25) is 0 Å². The summed E-state index contributed by atoms with van der Waals surface area (Å²) in [5, 5.41) is 19.1. The number of halogens is 1. The number of likely N-dealkylation sites (tertiary alicyclic amines) is 1. The zero-order valence-electron chi connectivity index (χ0n) is 14.0. The minimum Gasteiger partial charge on any atom is -0.479 e. The van der Waals surface area contributed by atoms with Gasteiger partial charge in [0.2, 0.25) is 0 Å². The van der Waals surface area contributed by atoms with Crippen molar-refractivity contribution in [3.8, 4) is 0 Å². The quantitative estimate of drug-likeness (QED) is 0.884. The minimum absolute atomic E-state index is 0.203. The summed E-state index contributed by atoms with van der Waals surface area (Å²) in [6.45, 7) is 5.02. The molecule has 1 aromatic carbocycles. The van der Waals surface area contributed by atoms with Crippen molar-refractivity contribution < 1.29 is 19.4 Å². The zero-order valence-corrected chi connectivity index (χ0v) is 14.0. The molecule has 6 heteroatoms. The fraction of sp³-hybridized carbons (Fsp3) is 0.611. The van der Waals surface area contributed by atoms with Crippen molar-refractivity contribution >= 4 is 11.7 Å². The highest BCUT2D eigenvalue weighted by molar-refractivity contribution is 5.77. The number of carbonyl (C=O) groups is 1. The first-order chi connectivity index (χ1) is 11.4. The van der Waals surface area contributed by atoms with Crippen LogP contribution < -0.4 is 4.90 Å². The summed E-state index contributed by atoms with van der Waals surface area (Å²) < 4.78 is 13.3. The zero-order chi connectivity index (χ0) is 17.3. The van der Waals surface area contributed by atoms with E-state index in [1.165, 1.54) is 6.07 Å². The molecule has 0 unspecified atom stereocenters. The Morgan fingerprint density at radius 2 is 1.83 bits per heavy atom. The molecule has 132 valence electrons. The number of hydrogen-bond acceptors (Lipinski definition) is 4. The van der Waals surface area contributed by atoms with Crippen LogP contribution in [0.4, 0.5) is 10.1 Å². The minimum atomic E-state index is -1.55. The van der Waals surface area contributed by atoms with Crippen LogP contribution in [0.25, 0.3) is 0 Å². The van der Waals surface area contributed by atoms with Crippen LogP contribution >= 0.6 is 0 Å². The van der Waals surface area contributed by atoms with Gasteiger partial charge in [0.05, 0.1) is 0 Å². The largest absolute Gasteiger partial charge is 0.479 e. The van der Waals surface area contributed by atoms with Gasteiger partial charge in [-0.25, -0.2) is 9.18 Å². The van der Waals surface area contributed by atoms with Crippen molar-refractivity contribution in [2.45, 2.75) is 44.2 Å². The molecular formula is C18H25FN2O3. The number of rotatable bonds is 3. The number of aliphatic hydroxyl groups is 1. The number of carboxylic acids is 1. The number of benzene rings is 1. The molecule has 2 saturated heterocycles. The van der Waals surface area contributed by atoms with E-state index >= 15 is 0 Å². The van der Waals surface area contributed by atoms with E-state index in [4.69, 9.17) is 5.11 Å². The van der Waals surface area contributed by atoms with Gasteiger partial charge in [-0.3, -0.25) is 0 Å². The number of aliphatic carboxylic acids is 1. The van der Waals surface area contributed by atoms with Crippen molar-refractivity contribution in [1.82, 2.24) is 4.90 Å². The fourth-order valence-corrected chi connectivity index (χ4v) is 3.92. The standard InChI is InChI=1S/C18H25FN2O3/c1-13-12-14(19)2-3-16(13)21-8-4-15(5-9-21)20-10-6-18(24,7-11-20)17(22)23/h2-3,12,15,24H,4-11H2,1H3,(H,22,23). The molecule has 0 spiro atoms. The summed E-state index contributed by atoms with van der Waals surface area (Å²) in [7, 11) is 0. The Labute approximate surface area is 141 Å². The maximum absolute atomic E-state index is 13.3. The van der Waals surface area contributed by atoms with Crippen molar-refractivity contribution in [3.63, 3.8) is 0 Å². The molecule has 3 rings (SSSR count). The molecular weight excluding hydrogens is 311 g/mol. The monoisotopic (exact) mass is 336 g/mol. The van der Waals surface area contributed by atoms with Gasteiger partial charge >= 0.3 is 5.97 Å². The van der Waals surface area contributed by atoms with Gasteiger partial charge in [0.1, 0.15) is 5.82 Å². The molecule has 0 bridgehead atoms. The first kappa shape index (κ1) is 17.2. The molecule has 2 aliphatic rings. The van der Waals surface area contributed by atoms with Gasteiger partial charge in [0.15, 0.2) is 5.60 Å². The fourth-order valence-electron chi connectivity index (χ4n) is 3.92. The SMILES string of the molecule is Cc1cc(F)ccc1N1CCC(N2CCC(O)(C(=O)O)CC2)CC1. The van der Waals surface area contributed by atoms with E-state index in [0.717, 1.165) is 37.2 Å². The molecule has 5 nitrogen and oxygen atoms in total. The van der Waals surface area contributed by atoms with E-state index in [1.54, 1.807) is 6.07 Å².